The number of carbonyl (C=O) groups is 2. The average Bonchev–Trinajstić information content (AvgIpc) is 2.14. The van der Waals surface area contributed by atoms with E-state index < -0.39 is 12.1 Å². The summed E-state index contributed by atoms with van der Waals surface area (Å²) in [5, 5.41) is 0. The van der Waals surface area contributed by atoms with Crippen molar-refractivity contribution < 1.29 is 19.1 Å². The first-order valence-corrected chi connectivity index (χ1v) is 5.09. The number of hydrogen-bond acceptors (Lipinski definition) is 4. The molecule has 0 rings (SSSR count). The van der Waals surface area contributed by atoms with Crippen molar-refractivity contribution in [2.45, 2.75) is 39.7 Å². The highest BCUT2D eigenvalue weighted by molar-refractivity contribution is 5.82. The van der Waals surface area contributed by atoms with Crippen molar-refractivity contribution >= 4 is 11.9 Å². The summed E-state index contributed by atoms with van der Waals surface area (Å²) in [6, 6.07) is 0. The van der Waals surface area contributed by atoms with Gasteiger partial charge in [-0.3, -0.25) is 4.79 Å². The lowest BCUT2D eigenvalue weighted by atomic mass is 10.3. The maximum Gasteiger partial charge on any atom is 0.330 e. The van der Waals surface area contributed by atoms with Crippen LogP contribution in [0.5, 0.6) is 0 Å². The molecule has 0 aromatic carbocycles. The van der Waals surface area contributed by atoms with Gasteiger partial charge in [0.25, 0.3) is 0 Å². The van der Waals surface area contributed by atoms with Crippen molar-refractivity contribution in [1.29, 1.82) is 0 Å². The zero-order valence-electron chi connectivity index (χ0n) is 9.49. The molecule has 0 saturated heterocycles. The van der Waals surface area contributed by atoms with Gasteiger partial charge in [0.2, 0.25) is 0 Å². The Morgan fingerprint density at radius 3 is 2.60 bits per heavy atom. The van der Waals surface area contributed by atoms with Crippen LogP contribution in [0, 0.1) is 0 Å². The van der Waals surface area contributed by atoms with Crippen LogP contribution in [-0.4, -0.2) is 24.6 Å². The second kappa shape index (κ2) is 8.03. The zero-order chi connectivity index (χ0) is 11.7. The first kappa shape index (κ1) is 13.7. The van der Waals surface area contributed by atoms with Crippen molar-refractivity contribution in [2.24, 2.45) is 0 Å². The van der Waals surface area contributed by atoms with Gasteiger partial charge in [-0.1, -0.05) is 13.0 Å². The monoisotopic (exact) mass is 214 g/mol. The number of ether oxygens (including phenoxy) is 2. The summed E-state index contributed by atoms with van der Waals surface area (Å²) in [7, 11) is 0. The van der Waals surface area contributed by atoms with E-state index >= 15 is 0 Å². The summed E-state index contributed by atoms with van der Waals surface area (Å²) < 4.78 is 9.77. The van der Waals surface area contributed by atoms with E-state index in [9.17, 15) is 9.59 Å². The standard InChI is InChI=1S/C11H18O4/c1-4-6-10(12)15-9(3)8-11(13)14-7-5-2/h4,6,9H,5,7-8H2,1-3H3. The van der Waals surface area contributed by atoms with Gasteiger partial charge in [0.1, 0.15) is 6.10 Å². The predicted molar refractivity (Wildman–Crippen MR) is 56.2 cm³/mol. The predicted octanol–water partition coefficient (Wildman–Crippen LogP) is 1.84. The topological polar surface area (TPSA) is 52.6 Å². The van der Waals surface area contributed by atoms with E-state index in [0.717, 1.165) is 6.42 Å². The van der Waals surface area contributed by atoms with E-state index in [-0.39, 0.29) is 12.4 Å². The number of carbonyl (C=O) groups excluding carboxylic acids is 2. The molecule has 1 unspecified atom stereocenters. The Bertz CT molecular complexity index is 233. The Balaban J connectivity index is 3.77. The fourth-order valence-electron chi connectivity index (χ4n) is 0.925. The molecule has 0 amide bonds. The number of rotatable bonds is 6. The molecule has 15 heavy (non-hydrogen) atoms. The van der Waals surface area contributed by atoms with Gasteiger partial charge in [-0.25, -0.2) is 4.79 Å². The van der Waals surface area contributed by atoms with E-state index in [2.05, 4.69) is 0 Å². The summed E-state index contributed by atoms with van der Waals surface area (Å²) >= 11 is 0. The van der Waals surface area contributed by atoms with E-state index in [4.69, 9.17) is 9.47 Å². The average molecular weight is 214 g/mol. The van der Waals surface area contributed by atoms with Gasteiger partial charge >= 0.3 is 11.9 Å². The molecular formula is C11H18O4. The summed E-state index contributed by atoms with van der Waals surface area (Å²) in [5.41, 5.74) is 0. The lowest BCUT2D eigenvalue weighted by Crippen LogP contribution is -2.19. The second-order valence-corrected chi connectivity index (χ2v) is 3.17. The normalized spacial score (nSPS) is 12.5. The molecule has 86 valence electrons. The van der Waals surface area contributed by atoms with Crippen LogP contribution in [-0.2, 0) is 19.1 Å². The van der Waals surface area contributed by atoms with Crippen LogP contribution < -0.4 is 0 Å². The van der Waals surface area contributed by atoms with Crippen LogP contribution in [0.2, 0.25) is 0 Å². The molecule has 0 bridgehead atoms. The van der Waals surface area contributed by atoms with Crippen molar-refractivity contribution in [3.8, 4) is 0 Å². The highest BCUT2D eigenvalue weighted by Crippen LogP contribution is 2.01. The Morgan fingerprint density at radius 1 is 1.40 bits per heavy atom. The third kappa shape index (κ3) is 7.73. The lowest BCUT2D eigenvalue weighted by molar-refractivity contribution is -0.151. The summed E-state index contributed by atoms with van der Waals surface area (Å²) in [4.78, 5) is 22.1. The largest absolute Gasteiger partial charge is 0.466 e. The van der Waals surface area contributed by atoms with Gasteiger partial charge in [-0.05, 0) is 20.3 Å². The second-order valence-electron chi connectivity index (χ2n) is 3.17. The molecule has 0 aromatic heterocycles. The molecule has 1 atom stereocenters. The SMILES string of the molecule is CC=CC(=O)OC(C)CC(=O)OCCC. The Morgan fingerprint density at radius 2 is 2.07 bits per heavy atom. The van der Waals surface area contributed by atoms with Gasteiger partial charge in [-0.2, -0.15) is 0 Å². The minimum absolute atomic E-state index is 0.100. The fourth-order valence-corrected chi connectivity index (χ4v) is 0.925. The lowest BCUT2D eigenvalue weighted by Gasteiger charge is -2.10. The fraction of sp³-hybridized carbons (Fsp3) is 0.636. The highest BCUT2D eigenvalue weighted by Gasteiger charge is 2.12. The highest BCUT2D eigenvalue weighted by atomic mass is 16.6. The minimum Gasteiger partial charge on any atom is -0.466 e. The molecule has 0 saturated carbocycles. The zero-order valence-corrected chi connectivity index (χ0v) is 9.49. The van der Waals surface area contributed by atoms with Crippen LogP contribution in [0.1, 0.15) is 33.6 Å². The van der Waals surface area contributed by atoms with Crippen molar-refractivity contribution in [1.82, 2.24) is 0 Å². The van der Waals surface area contributed by atoms with Crippen LogP contribution >= 0.6 is 0 Å². The van der Waals surface area contributed by atoms with Crippen molar-refractivity contribution in [2.75, 3.05) is 6.61 Å². The Labute approximate surface area is 90.2 Å². The molecule has 0 spiro atoms. The van der Waals surface area contributed by atoms with Gasteiger partial charge in [0.05, 0.1) is 13.0 Å². The van der Waals surface area contributed by atoms with Crippen molar-refractivity contribution in [3.05, 3.63) is 12.2 Å². The number of hydrogen-bond donors (Lipinski definition) is 0. The molecule has 0 fully saturated rings. The summed E-state index contributed by atoms with van der Waals surface area (Å²) in [6.07, 6.45) is 3.35. The van der Waals surface area contributed by atoms with Gasteiger partial charge in [-0.15, -0.1) is 0 Å². The van der Waals surface area contributed by atoms with Gasteiger partial charge < -0.3 is 9.47 Å². The maximum atomic E-state index is 11.1. The molecule has 0 N–H and O–H groups in total. The summed E-state index contributed by atoms with van der Waals surface area (Å²) in [5.74, 6) is -0.772. The Hall–Kier alpha value is -1.32. The third-order valence-electron chi connectivity index (χ3n) is 1.54. The molecule has 0 radical (unpaired) electrons. The van der Waals surface area contributed by atoms with Crippen LogP contribution in [0.4, 0.5) is 0 Å². The smallest absolute Gasteiger partial charge is 0.330 e. The minimum atomic E-state index is -0.446. The quantitative estimate of drug-likeness (QED) is 0.500. The van der Waals surface area contributed by atoms with E-state index in [1.165, 1.54) is 6.08 Å². The van der Waals surface area contributed by atoms with E-state index in [0.29, 0.717) is 6.61 Å². The molecule has 4 heteroatoms. The van der Waals surface area contributed by atoms with Crippen LogP contribution in [0.15, 0.2) is 12.2 Å². The van der Waals surface area contributed by atoms with Gasteiger partial charge in [0, 0.05) is 6.08 Å². The number of allylic oxidation sites excluding steroid dienone is 1. The Kier molecular flexibility index (Phi) is 7.32. The third-order valence-corrected chi connectivity index (χ3v) is 1.54. The van der Waals surface area contributed by atoms with E-state index in [1.807, 2.05) is 6.92 Å². The molecule has 0 aliphatic rings. The molecule has 0 heterocycles. The molecule has 0 aromatic rings. The molecule has 0 aliphatic heterocycles. The first-order chi connectivity index (χ1) is 7.10. The molecule has 0 aliphatic carbocycles. The first-order valence-electron chi connectivity index (χ1n) is 5.09. The summed E-state index contributed by atoms with van der Waals surface area (Å²) in [6.45, 7) is 5.72. The van der Waals surface area contributed by atoms with Crippen molar-refractivity contribution in [3.63, 3.8) is 0 Å². The molecule has 4 nitrogen and oxygen atoms in total. The van der Waals surface area contributed by atoms with E-state index in [1.54, 1.807) is 19.9 Å². The van der Waals surface area contributed by atoms with Crippen LogP contribution in [0.25, 0.3) is 0 Å². The number of esters is 2. The molecular weight excluding hydrogens is 196 g/mol. The maximum absolute atomic E-state index is 11.1. The van der Waals surface area contributed by atoms with Gasteiger partial charge in [0.15, 0.2) is 0 Å². The van der Waals surface area contributed by atoms with Crippen LogP contribution in [0.3, 0.4) is 0 Å².